The molecule has 82 valence electrons. The van der Waals surface area contributed by atoms with Crippen molar-refractivity contribution in [1.29, 1.82) is 0 Å². The highest BCUT2D eigenvalue weighted by atomic mass is 32.2. The third kappa shape index (κ3) is 2.59. The molecule has 2 rings (SSSR count). The van der Waals surface area contributed by atoms with Gasteiger partial charge in [0.25, 0.3) is 0 Å². The molecular formula is C10H14FN3S. The number of nitrogens with zero attached hydrogens (tertiary/aromatic N) is 3. The molecule has 1 fully saturated rings. The van der Waals surface area contributed by atoms with Crippen molar-refractivity contribution in [3.05, 3.63) is 18.3 Å². The van der Waals surface area contributed by atoms with E-state index in [1.807, 2.05) is 11.8 Å². The molecule has 0 spiro atoms. The number of halogens is 1. The van der Waals surface area contributed by atoms with Crippen LogP contribution in [0.1, 0.15) is 13.8 Å². The van der Waals surface area contributed by atoms with Gasteiger partial charge in [0.05, 0.1) is 0 Å². The summed E-state index contributed by atoms with van der Waals surface area (Å²) in [7, 11) is 0. The fourth-order valence-electron chi connectivity index (χ4n) is 1.86. The Hall–Kier alpha value is -0.840. The maximum atomic E-state index is 12.9. The number of aromatic nitrogens is 2. The van der Waals surface area contributed by atoms with Crippen LogP contribution in [0.3, 0.4) is 0 Å². The van der Waals surface area contributed by atoms with Gasteiger partial charge in [-0.2, -0.15) is 16.2 Å². The Labute approximate surface area is 93.1 Å². The quantitative estimate of drug-likeness (QED) is 0.686. The van der Waals surface area contributed by atoms with Crippen LogP contribution in [0.25, 0.3) is 0 Å². The van der Waals surface area contributed by atoms with E-state index in [0.29, 0.717) is 16.3 Å². The summed E-state index contributed by atoms with van der Waals surface area (Å²) in [6.45, 7) is 6.21. The van der Waals surface area contributed by atoms with E-state index < -0.39 is 5.95 Å². The summed E-state index contributed by atoms with van der Waals surface area (Å²) >= 11 is 1.96. The molecule has 0 radical (unpaired) electrons. The molecule has 3 nitrogen and oxygen atoms in total. The molecule has 0 aliphatic carbocycles. The van der Waals surface area contributed by atoms with Crippen LogP contribution in [0.5, 0.6) is 0 Å². The lowest BCUT2D eigenvalue weighted by Crippen LogP contribution is -2.40. The molecule has 2 heterocycles. The second-order valence-electron chi connectivity index (χ2n) is 3.86. The van der Waals surface area contributed by atoms with Gasteiger partial charge in [0.15, 0.2) is 0 Å². The van der Waals surface area contributed by atoms with Crippen LogP contribution in [-0.4, -0.2) is 33.6 Å². The average Bonchev–Trinajstić information content (AvgIpc) is 2.16. The summed E-state index contributed by atoms with van der Waals surface area (Å²) in [5, 5.41) is 1.12. The Kier molecular flexibility index (Phi) is 3.09. The lowest BCUT2D eigenvalue weighted by Gasteiger charge is -2.35. The van der Waals surface area contributed by atoms with Crippen molar-refractivity contribution in [2.24, 2.45) is 0 Å². The van der Waals surface area contributed by atoms with E-state index in [-0.39, 0.29) is 0 Å². The van der Waals surface area contributed by atoms with Crippen molar-refractivity contribution < 1.29 is 4.39 Å². The highest BCUT2D eigenvalue weighted by Gasteiger charge is 2.23. The van der Waals surface area contributed by atoms with Crippen LogP contribution >= 0.6 is 11.8 Å². The van der Waals surface area contributed by atoms with Gasteiger partial charge in [-0.25, -0.2) is 9.97 Å². The minimum Gasteiger partial charge on any atom is -0.354 e. The van der Waals surface area contributed by atoms with Crippen LogP contribution in [0.4, 0.5) is 10.2 Å². The summed E-state index contributed by atoms with van der Waals surface area (Å²) in [6, 6.07) is 1.40. The SMILES string of the molecule is CC1CN(c2cc(F)ncn2)CC(C)S1. The molecule has 2 unspecified atom stereocenters. The van der Waals surface area contributed by atoms with Crippen molar-refractivity contribution in [2.75, 3.05) is 18.0 Å². The molecule has 1 saturated heterocycles. The van der Waals surface area contributed by atoms with Gasteiger partial charge in [-0.05, 0) is 0 Å². The van der Waals surface area contributed by atoms with Gasteiger partial charge in [-0.3, -0.25) is 0 Å². The summed E-state index contributed by atoms with van der Waals surface area (Å²) in [6.07, 6.45) is 1.28. The highest BCUT2D eigenvalue weighted by molar-refractivity contribution is 8.00. The van der Waals surface area contributed by atoms with Gasteiger partial charge in [0.1, 0.15) is 12.1 Å². The minimum absolute atomic E-state index is 0.460. The Morgan fingerprint density at radius 1 is 1.33 bits per heavy atom. The zero-order valence-corrected chi connectivity index (χ0v) is 9.67. The first-order valence-corrected chi connectivity index (χ1v) is 5.97. The standard InChI is InChI=1S/C10H14FN3S/c1-7-4-14(5-8(2)15-7)10-3-9(11)12-6-13-10/h3,6-8H,4-5H2,1-2H3. The van der Waals surface area contributed by atoms with Gasteiger partial charge >= 0.3 is 0 Å². The first kappa shape index (κ1) is 10.7. The fourth-order valence-corrected chi connectivity index (χ4v) is 3.19. The maximum absolute atomic E-state index is 12.9. The molecule has 2 atom stereocenters. The smallest absolute Gasteiger partial charge is 0.218 e. The predicted octanol–water partition coefficient (Wildman–Crippen LogP) is 1.95. The van der Waals surface area contributed by atoms with E-state index in [4.69, 9.17) is 0 Å². The molecule has 15 heavy (non-hydrogen) atoms. The van der Waals surface area contributed by atoms with Crippen molar-refractivity contribution in [3.8, 4) is 0 Å². The second kappa shape index (κ2) is 4.35. The van der Waals surface area contributed by atoms with Crippen LogP contribution in [0.15, 0.2) is 12.4 Å². The number of anilines is 1. The van der Waals surface area contributed by atoms with E-state index in [1.165, 1.54) is 12.4 Å². The van der Waals surface area contributed by atoms with E-state index in [1.54, 1.807) is 0 Å². The molecule has 1 aliphatic rings. The summed E-state index contributed by atoms with van der Waals surface area (Å²) in [4.78, 5) is 9.68. The number of thioether (sulfide) groups is 1. The minimum atomic E-state index is -0.460. The fraction of sp³-hybridized carbons (Fsp3) is 0.600. The Morgan fingerprint density at radius 3 is 2.60 bits per heavy atom. The van der Waals surface area contributed by atoms with Gasteiger partial charge in [-0.1, -0.05) is 13.8 Å². The van der Waals surface area contributed by atoms with Gasteiger partial charge in [0.2, 0.25) is 5.95 Å². The molecule has 5 heteroatoms. The van der Waals surface area contributed by atoms with Gasteiger partial charge in [-0.15, -0.1) is 0 Å². The number of rotatable bonds is 1. The van der Waals surface area contributed by atoms with Crippen molar-refractivity contribution in [2.45, 2.75) is 24.3 Å². The molecular weight excluding hydrogens is 213 g/mol. The van der Waals surface area contributed by atoms with Crippen LogP contribution in [0.2, 0.25) is 0 Å². The lowest BCUT2D eigenvalue weighted by atomic mass is 10.3. The van der Waals surface area contributed by atoms with Crippen molar-refractivity contribution in [3.63, 3.8) is 0 Å². The summed E-state index contributed by atoms with van der Waals surface area (Å²) < 4.78 is 12.9. The van der Waals surface area contributed by atoms with Crippen LogP contribution < -0.4 is 4.90 Å². The monoisotopic (exact) mass is 227 g/mol. The highest BCUT2D eigenvalue weighted by Crippen LogP contribution is 2.27. The number of hydrogen-bond donors (Lipinski definition) is 0. The zero-order valence-electron chi connectivity index (χ0n) is 8.85. The number of hydrogen-bond acceptors (Lipinski definition) is 4. The Morgan fingerprint density at radius 2 is 2.00 bits per heavy atom. The maximum Gasteiger partial charge on any atom is 0.218 e. The average molecular weight is 227 g/mol. The summed E-state index contributed by atoms with van der Waals surface area (Å²) in [5.41, 5.74) is 0. The second-order valence-corrected chi connectivity index (χ2v) is 5.74. The molecule has 0 aromatic carbocycles. The van der Waals surface area contributed by atoms with E-state index in [2.05, 4.69) is 28.7 Å². The lowest BCUT2D eigenvalue weighted by molar-refractivity contribution is 0.576. The van der Waals surface area contributed by atoms with Crippen LogP contribution in [-0.2, 0) is 0 Å². The molecule has 1 aromatic heterocycles. The molecule has 1 aromatic rings. The first-order valence-electron chi connectivity index (χ1n) is 5.03. The van der Waals surface area contributed by atoms with E-state index in [9.17, 15) is 4.39 Å². The molecule has 0 bridgehead atoms. The first-order chi connectivity index (χ1) is 7.15. The van der Waals surface area contributed by atoms with E-state index in [0.717, 1.165) is 13.1 Å². The normalized spacial score (nSPS) is 26.7. The predicted molar refractivity (Wildman–Crippen MR) is 60.7 cm³/mol. The topological polar surface area (TPSA) is 29.0 Å². The van der Waals surface area contributed by atoms with Crippen molar-refractivity contribution in [1.82, 2.24) is 9.97 Å². The molecule has 0 N–H and O–H groups in total. The molecule has 1 aliphatic heterocycles. The van der Waals surface area contributed by atoms with Crippen molar-refractivity contribution >= 4 is 17.6 Å². The zero-order chi connectivity index (χ0) is 10.8. The van der Waals surface area contributed by atoms with Crippen LogP contribution in [0, 0.1) is 5.95 Å². The Balaban J connectivity index is 2.16. The van der Waals surface area contributed by atoms with Gasteiger partial charge < -0.3 is 4.90 Å². The van der Waals surface area contributed by atoms with E-state index >= 15 is 0 Å². The Bertz CT molecular complexity index is 337. The van der Waals surface area contributed by atoms with Gasteiger partial charge in [0, 0.05) is 29.7 Å². The molecule has 0 amide bonds. The third-order valence-electron chi connectivity index (χ3n) is 2.36. The third-order valence-corrected chi connectivity index (χ3v) is 3.59. The largest absolute Gasteiger partial charge is 0.354 e. The summed E-state index contributed by atoms with van der Waals surface area (Å²) in [5.74, 6) is 0.236. The molecule has 0 saturated carbocycles.